The highest BCUT2D eigenvalue weighted by atomic mass is 16.3. The molecule has 0 fully saturated rings. The second kappa shape index (κ2) is 4.74. The first-order valence-corrected chi connectivity index (χ1v) is 6.14. The minimum absolute atomic E-state index is 0.533. The van der Waals surface area contributed by atoms with E-state index in [-0.39, 0.29) is 0 Å². The molecule has 2 aromatic heterocycles. The van der Waals surface area contributed by atoms with Gasteiger partial charge in [-0.3, -0.25) is 0 Å². The highest BCUT2D eigenvalue weighted by Gasteiger charge is 2.11. The van der Waals surface area contributed by atoms with Gasteiger partial charge in [0.05, 0.1) is 11.6 Å². The van der Waals surface area contributed by atoms with Crippen LogP contribution < -0.4 is 10.6 Å². The Labute approximate surface area is 111 Å². The Morgan fingerprint density at radius 1 is 1.26 bits per heavy atom. The van der Waals surface area contributed by atoms with Gasteiger partial charge in [0, 0.05) is 25.5 Å². The van der Waals surface area contributed by atoms with Crippen LogP contribution >= 0.6 is 0 Å². The molecule has 0 amide bonds. The number of nitrogens with zero attached hydrogens (tertiary/aromatic N) is 2. The summed E-state index contributed by atoms with van der Waals surface area (Å²) in [4.78, 5) is 6.48. The largest absolute Gasteiger partial charge is 0.464 e. The Morgan fingerprint density at radius 3 is 3.00 bits per heavy atom. The van der Waals surface area contributed by atoms with E-state index in [0.29, 0.717) is 6.54 Å². The van der Waals surface area contributed by atoms with E-state index in [1.165, 1.54) is 0 Å². The van der Waals surface area contributed by atoms with Crippen LogP contribution in [0.4, 0.5) is 11.5 Å². The fourth-order valence-corrected chi connectivity index (χ4v) is 2.16. The van der Waals surface area contributed by atoms with Gasteiger partial charge in [-0.05, 0) is 29.8 Å². The van der Waals surface area contributed by atoms with Crippen LogP contribution in [-0.2, 0) is 6.54 Å². The van der Waals surface area contributed by atoms with E-state index < -0.39 is 0 Å². The molecule has 0 aliphatic rings. The van der Waals surface area contributed by atoms with Crippen LogP contribution in [0.1, 0.15) is 5.56 Å². The van der Waals surface area contributed by atoms with Gasteiger partial charge in [-0.1, -0.05) is 12.1 Å². The number of furan rings is 1. The fraction of sp³-hybridized carbons (Fsp3) is 0.133. The van der Waals surface area contributed by atoms with Crippen LogP contribution in [0.5, 0.6) is 0 Å². The molecule has 0 aliphatic heterocycles. The predicted octanol–water partition coefficient (Wildman–Crippen LogP) is 3.05. The lowest BCUT2D eigenvalue weighted by Crippen LogP contribution is -2.12. The van der Waals surface area contributed by atoms with E-state index in [1.54, 1.807) is 12.5 Å². The molecule has 19 heavy (non-hydrogen) atoms. The molecular formula is C15H15N3O. The summed E-state index contributed by atoms with van der Waals surface area (Å²) in [6.45, 7) is 0.533. The van der Waals surface area contributed by atoms with E-state index in [2.05, 4.69) is 11.1 Å². The molecule has 0 atom stereocenters. The molecule has 0 bridgehead atoms. The van der Waals surface area contributed by atoms with E-state index in [9.17, 15) is 0 Å². The third kappa shape index (κ3) is 2.06. The Kier molecular flexibility index (Phi) is 2.93. The molecular weight excluding hydrogens is 238 g/mol. The third-order valence-electron chi connectivity index (χ3n) is 3.21. The third-order valence-corrected chi connectivity index (χ3v) is 3.21. The number of fused-ring (bicyclic) bond motifs is 1. The molecule has 2 heterocycles. The maximum Gasteiger partial charge on any atom is 0.143 e. The summed E-state index contributed by atoms with van der Waals surface area (Å²) in [5.74, 6) is 0.875. The lowest BCUT2D eigenvalue weighted by molar-refractivity contribution is 0.615. The van der Waals surface area contributed by atoms with E-state index >= 15 is 0 Å². The summed E-state index contributed by atoms with van der Waals surface area (Å²) >= 11 is 0. The Balaban J connectivity index is 2.07. The van der Waals surface area contributed by atoms with Crippen LogP contribution in [0.15, 0.2) is 53.3 Å². The number of nitrogens with two attached hydrogens (primary N) is 1. The minimum Gasteiger partial charge on any atom is -0.464 e. The highest BCUT2D eigenvalue weighted by molar-refractivity contribution is 5.90. The number of anilines is 2. The standard InChI is InChI=1S/C15H15N3O/c1-18(12-4-2-3-11(9-12)10-16)15-13-6-8-19-14(13)5-7-17-15/h2-9H,10,16H2,1H3. The molecule has 0 unspecified atom stereocenters. The monoisotopic (exact) mass is 253 g/mol. The maximum atomic E-state index is 5.68. The first kappa shape index (κ1) is 11.7. The van der Waals surface area contributed by atoms with Crippen molar-refractivity contribution in [2.45, 2.75) is 6.54 Å². The zero-order valence-corrected chi connectivity index (χ0v) is 10.7. The average molecular weight is 253 g/mol. The van der Waals surface area contributed by atoms with Crippen LogP contribution in [0.2, 0.25) is 0 Å². The van der Waals surface area contributed by atoms with Crippen molar-refractivity contribution in [1.82, 2.24) is 4.98 Å². The molecule has 3 rings (SSSR count). The number of rotatable bonds is 3. The molecule has 0 saturated carbocycles. The van der Waals surface area contributed by atoms with Gasteiger partial charge in [0.25, 0.3) is 0 Å². The molecule has 3 aromatic rings. The topological polar surface area (TPSA) is 55.3 Å². The molecule has 0 aliphatic carbocycles. The number of hydrogen-bond donors (Lipinski definition) is 1. The molecule has 1 aromatic carbocycles. The lowest BCUT2D eigenvalue weighted by atomic mass is 10.2. The normalized spacial score (nSPS) is 10.8. The van der Waals surface area contributed by atoms with Gasteiger partial charge in [0.1, 0.15) is 11.4 Å². The van der Waals surface area contributed by atoms with Gasteiger partial charge < -0.3 is 15.1 Å². The van der Waals surface area contributed by atoms with Gasteiger partial charge in [0.15, 0.2) is 0 Å². The van der Waals surface area contributed by atoms with E-state index in [1.807, 2.05) is 42.3 Å². The van der Waals surface area contributed by atoms with E-state index in [0.717, 1.165) is 28.0 Å². The van der Waals surface area contributed by atoms with Crippen molar-refractivity contribution >= 4 is 22.5 Å². The van der Waals surface area contributed by atoms with Crippen LogP contribution in [0.25, 0.3) is 11.0 Å². The van der Waals surface area contributed by atoms with Gasteiger partial charge in [-0.2, -0.15) is 0 Å². The van der Waals surface area contributed by atoms with Crippen LogP contribution in [0, 0.1) is 0 Å². The molecule has 4 heteroatoms. The van der Waals surface area contributed by atoms with Crippen molar-refractivity contribution in [2.75, 3.05) is 11.9 Å². The summed E-state index contributed by atoms with van der Waals surface area (Å²) in [5, 5.41) is 1.00. The first-order valence-electron chi connectivity index (χ1n) is 6.14. The average Bonchev–Trinajstić information content (AvgIpc) is 2.95. The zero-order chi connectivity index (χ0) is 13.2. The van der Waals surface area contributed by atoms with Crippen molar-refractivity contribution in [3.05, 3.63) is 54.4 Å². The summed E-state index contributed by atoms with van der Waals surface area (Å²) in [5.41, 5.74) is 8.68. The second-order valence-electron chi connectivity index (χ2n) is 4.40. The summed E-state index contributed by atoms with van der Waals surface area (Å²) < 4.78 is 5.40. The molecule has 96 valence electrons. The summed E-state index contributed by atoms with van der Waals surface area (Å²) in [6.07, 6.45) is 3.43. The quantitative estimate of drug-likeness (QED) is 0.779. The molecule has 0 radical (unpaired) electrons. The number of benzene rings is 1. The van der Waals surface area contributed by atoms with E-state index in [4.69, 9.17) is 10.2 Å². The maximum absolute atomic E-state index is 5.68. The molecule has 4 nitrogen and oxygen atoms in total. The second-order valence-corrected chi connectivity index (χ2v) is 4.40. The van der Waals surface area contributed by atoms with Crippen molar-refractivity contribution in [3.8, 4) is 0 Å². The molecule has 0 saturated heterocycles. The van der Waals surface area contributed by atoms with Crippen molar-refractivity contribution in [2.24, 2.45) is 5.73 Å². The number of aromatic nitrogens is 1. The Hall–Kier alpha value is -2.33. The zero-order valence-electron chi connectivity index (χ0n) is 10.7. The van der Waals surface area contributed by atoms with Gasteiger partial charge in [-0.25, -0.2) is 4.98 Å². The van der Waals surface area contributed by atoms with Crippen LogP contribution in [0.3, 0.4) is 0 Å². The molecule has 0 spiro atoms. The summed E-state index contributed by atoms with van der Waals surface area (Å²) in [6, 6.07) is 11.9. The van der Waals surface area contributed by atoms with Crippen molar-refractivity contribution in [3.63, 3.8) is 0 Å². The van der Waals surface area contributed by atoms with Gasteiger partial charge >= 0.3 is 0 Å². The number of hydrogen-bond acceptors (Lipinski definition) is 4. The smallest absolute Gasteiger partial charge is 0.143 e. The van der Waals surface area contributed by atoms with Gasteiger partial charge in [-0.15, -0.1) is 0 Å². The fourth-order valence-electron chi connectivity index (χ4n) is 2.16. The highest BCUT2D eigenvalue weighted by Crippen LogP contribution is 2.29. The Bertz CT molecular complexity index is 705. The van der Waals surface area contributed by atoms with Crippen molar-refractivity contribution in [1.29, 1.82) is 0 Å². The molecule has 2 N–H and O–H groups in total. The van der Waals surface area contributed by atoms with Crippen molar-refractivity contribution < 1.29 is 4.42 Å². The summed E-state index contributed by atoms with van der Waals surface area (Å²) in [7, 11) is 1.99. The number of pyridine rings is 1. The first-order chi connectivity index (χ1) is 9.29. The lowest BCUT2D eigenvalue weighted by Gasteiger charge is -2.19. The Morgan fingerprint density at radius 2 is 2.16 bits per heavy atom. The SMILES string of the molecule is CN(c1cccc(CN)c1)c1nccc2occc12. The van der Waals surface area contributed by atoms with Crippen LogP contribution in [-0.4, -0.2) is 12.0 Å². The van der Waals surface area contributed by atoms with Gasteiger partial charge in [0.2, 0.25) is 0 Å². The predicted molar refractivity (Wildman–Crippen MR) is 76.4 cm³/mol. The minimum atomic E-state index is 0.533.